The molecule has 0 bridgehead atoms. The summed E-state index contributed by atoms with van der Waals surface area (Å²) in [6.07, 6.45) is 1.85. The fourth-order valence-corrected chi connectivity index (χ4v) is 3.17. The molecule has 0 aromatic heterocycles. The van der Waals surface area contributed by atoms with Gasteiger partial charge in [-0.15, -0.1) is 0 Å². The number of hydrogen-bond acceptors (Lipinski definition) is 3. The van der Waals surface area contributed by atoms with Crippen molar-refractivity contribution in [2.75, 3.05) is 6.61 Å². The van der Waals surface area contributed by atoms with Crippen molar-refractivity contribution in [1.29, 1.82) is 0 Å². The highest BCUT2D eigenvalue weighted by Crippen LogP contribution is 2.28. The lowest BCUT2D eigenvalue weighted by molar-refractivity contribution is -0.0580. The molecule has 0 N–H and O–H groups in total. The van der Waals surface area contributed by atoms with Gasteiger partial charge in [0.2, 0.25) is 0 Å². The lowest BCUT2D eigenvalue weighted by Crippen LogP contribution is -2.21. The van der Waals surface area contributed by atoms with E-state index in [1.807, 2.05) is 50.2 Å². The van der Waals surface area contributed by atoms with Crippen molar-refractivity contribution in [3.8, 4) is 5.75 Å². The summed E-state index contributed by atoms with van der Waals surface area (Å²) in [4.78, 5) is 12.2. The van der Waals surface area contributed by atoms with Crippen molar-refractivity contribution in [3.63, 3.8) is 0 Å². The molecule has 0 aliphatic heterocycles. The Hall–Kier alpha value is -2.13. The van der Waals surface area contributed by atoms with E-state index in [-0.39, 0.29) is 12.4 Å². The Balaban J connectivity index is 1.85. The van der Waals surface area contributed by atoms with Crippen LogP contribution in [-0.4, -0.2) is 18.7 Å². The number of aryl methyl sites for hydroxylation is 1. The Bertz CT molecular complexity index is 701. The molecule has 3 heteroatoms. The van der Waals surface area contributed by atoms with Gasteiger partial charge in [0.15, 0.2) is 12.1 Å². The van der Waals surface area contributed by atoms with Crippen LogP contribution in [0.3, 0.4) is 0 Å². The summed E-state index contributed by atoms with van der Waals surface area (Å²) in [6, 6.07) is 15.8. The number of ether oxygens (including phenoxy) is 2. The Morgan fingerprint density at radius 2 is 1.59 bits per heavy atom. The first-order valence-electron chi connectivity index (χ1n) is 9.87. The minimum atomic E-state index is -0.483. The molecule has 2 rings (SSSR count). The third-order valence-corrected chi connectivity index (χ3v) is 4.72. The van der Waals surface area contributed by atoms with Crippen molar-refractivity contribution in [1.82, 2.24) is 0 Å². The third kappa shape index (κ3) is 6.84. The van der Waals surface area contributed by atoms with E-state index in [1.165, 1.54) is 12.0 Å². The van der Waals surface area contributed by atoms with Crippen LogP contribution >= 0.6 is 0 Å². The highest BCUT2D eigenvalue weighted by Gasteiger charge is 2.13. The molecular formula is C24H32O3. The van der Waals surface area contributed by atoms with Crippen LogP contribution in [0.25, 0.3) is 0 Å². The van der Waals surface area contributed by atoms with Gasteiger partial charge in [0.05, 0.1) is 0 Å². The largest absolute Gasteiger partial charge is 0.465 e. The zero-order chi connectivity index (χ0) is 19.8. The highest BCUT2D eigenvalue weighted by atomic mass is 16.7. The van der Waals surface area contributed by atoms with Gasteiger partial charge in [0, 0.05) is 5.56 Å². The molecule has 0 heterocycles. The maximum Gasteiger partial charge on any atom is 0.197 e. The summed E-state index contributed by atoms with van der Waals surface area (Å²) in [7, 11) is 0. The minimum Gasteiger partial charge on any atom is -0.465 e. The molecular weight excluding hydrogens is 336 g/mol. The van der Waals surface area contributed by atoms with E-state index in [0.29, 0.717) is 17.4 Å². The van der Waals surface area contributed by atoms with Crippen LogP contribution in [0, 0.1) is 12.8 Å². The quantitative estimate of drug-likeness (QED) is 0.372. The second-order valence-electron chi connectivity index (χ2n) is 7.59. The summed E-state index contributed by atoms with van der Waals surface area (Å²) < 4.78 is 11.4. The monoisotopic (exact) mass is 368 g/mol. The Kier molecular flexibility index (Phi) is 8.05. The van der Waals surface area contributed by atoms with Gasteiger partial charge >= 0.3 is 0 Å². The van der Waals surface area contributed by atoms with Crippen LogP contribution in [0.4, 0.5) is 0 Å². The number of Topliss-reactive ketones (excluding diaryl/α,β-unsaturated/α-hetero) is 1. The van der Waals surface area contributed by atoms with Crippen molar-refractivity contribution in [3.05, 3.63) is 65.2 Å². The molecule has 2 atom stereocenters. The zero-order valence-corrected chi connectivity index (χ0v) is 17.2. The van der Waals surface area contributed by atoms with Crippen LogP contribution in [0.2, 0.25) is 0 Å². The number of carbonyl (C=O) groups is 1. The molecule has 146 valence electrons. The van der Waals surface area contributed by atoms with E-state index in [9.17, 15) is 4.79 Å². The van der Waals surface area contributed by atoms with E-state index in [4.69, 9.17) is 9.47 Å². The lowest BCUT2D eigenvalue weighted by atomic mass is 9.88. The average Bonchev–Trinajstić information content (AvgIpc) is 2.65. The van der Waals surface area contributed by atoms with Gasteiger partial charge in [0.25, 0.3) is 0 Å². The summed E-state index contributed by atoms with van der Waals surface area (Å²) in [5.41, 5.74) is 3.14. The normalized spacial score (nSPS) is 13.4. The van der Waals surface area contributed by atoms with Gasteiger partial charge in [-0.1, -0.05) is 62.7 Å². The van der Waals surface area contributed by atoms with E-state index in [0.717, 1.165) is 17.7 Å². The predicted octanol–water partition coefficient (Wildman–Crippen LogP) is 6.16. The van der Waals surface area contributed by atoms with E-state index >= 15 is 0 Å². The Morgan fingerprint density at radius 3 is 2.15 bits per heavy atom. The van der Waals surface area contributed by atoms with Crippen molar-refractivity contribution in [2.45, 2.75) is 59.7 Å². The smallest absolute Gasteiger partial charge is 0.197 e. The molecule has 2 unspecified atom stereocenters. The predicted molar refractivity (Wildman–Crippen MR) is 110 cm³/mol. The summed E-state index contributed by atoms with van der Waals surface area (Å²) in [5, 5.41) is 0. The second-order valence-corrected chi connectivity index (χ2v) is 7.59. The van der Waals surface area contributed by atoms with Gasteiger partial charge < -0.3 is 9.47 Å². The standard InChI is InChI=1S/C24H32O3/c1-6-20(15-17(2)3)21-11-13-23(14-12-21)27-19(5)26-16-24(25)22-9-7-18(4)8-10-22/h7-14,17,19-20H,6,15-16H2,1-5H3. The zero-order valence-electron chi connectivity index (χ0n) is 17.2. The maximum atomic E-state index is 12.2. The number of rotatable bonds is 10. The van der Waals surface area contributed by atoms with Crippen molar-refractivity contribution in [2.24, 2.45) is 5.92 Å². The van der Waals surface area contributed by atoms with Gasteiger partial charge in [-0.3, -0.25) is 4.79 Å². The molecule has 0 saturated carbocycles. The first kappa shape index (κ1) is 21.2. The van der Waals surface area contributed by atoms with Gasteiger partial charge in [-0.05, 0) is 56.2 Å². The fourth-order valence-electron chi connectivity index (χ4n) is 3.17. The molecule has 0 saturated heterocycles. The number of hydrogen-bond donors (Lipinski definition) is 0. The summed E-state index contributed by atoms with van der Waals surface area (Å²) >= 11 is 0. The first-order valence-corrected chi connectivity index (χ1v) is 9.87. The van der Waals surface area contributed by atoms with Gasteiger partial charge in [-0.2, -0.15) is 0 Å². The maximum absolute atomic E-state index is 12.2. The lowest BCUT2D eigenvalue weighted by Gasteiger charge is -2.19. The summed E-state index contributed by atoms with van der Waals surface area (Å²) in [5.74, 6) is 1.99. The van der Waals surface area contributed by atoms with Crippen LogP contribution in [0.5, 0.6) is 5.75 Å². The molecule has 0 spiro atoms. The molecule has 3 nitrogen and oxygen atoms in total. The molecule has 2 aromatic carbocycles. The number of carbonyl (C=O) groups excluding carboxylic acids is 1. The second kappa shape index (κ2) is 10.3. The van der Waals surface area contributed by atoms with Crippen LogP contribution in [0.1, 0.15) is 67.9 Å². The fraction of sp³-hybridized carbons (Fsp3) is 0.458. The van der Waals surface area contributed by atoms with E-state index in [1.54, 1.807) is 0 Å². The Labute approximate surface area is 163 Å². The molecule has 2 aromatic rings. The minimum absolute atomic E-state index is 0.00854. The number of benzene rings is 2. The average molecular weight is 369 g/mol. The SMILES string of the molecule is CCC(CC(C)C)c1ccc(OC(C)OCC(=O)c2ccc(C)cc2)cc1. The van der Waals surface area contributed by atoms with Crippen LogP contribution in [0.15, 0.2) is 48.5 Å². The first-order chi connectivity index (χ1) is 12.9. The molecule has 0 aliphatic rings. The molecule has 0 radical (unpaired) electrons. The molecule has 0 aliphatic carbocycles. The van der Waals surface area contributed by atoms with Crippen molar-refractivity contribution >= 4 is 5.78 Å². The van der Waals surface area contributed by atoms with Crippen LogP contribution in [-0.2, 0) is 4.74 Å². The number of ketones is 1. The summed E-state index contributed by atoms with van der Waals surface area (Å²) in [6.45, 7) is 10.6. The van der Waals surface area contributed by atoms with Gasteiger partial charge in [0.1, 0.15) is 12.4 Å². The van der Waals surface area contributed by atoms with E-state index < -0.39 is 6.29 Å². The van der Waals surface area contributed by atoms with E-state index in [2.05, 4.69) is 32.9 Å². The molecule has 27 heavy (non-hydrogen) atoms. The Morgan fingerprint density at radius 1 is 0.963 bits per heavy atom. The topological polar surface area (TPSA) is 35.5 Å². The van der Waals surface area contributed by atoms with Gasteiger partial charge in [-0.25, -0.2) is 0 Å². The van der Waals surface area contributed by atoms with Crippen LogP contribution < -0.4 is 4.74 Å². The molecule has 0 amide bonds. The van der Waals surface area contributed by atoms with Crippen molar-refractivity contribution < 1.29 is 14.3 Å². The highest BCUT2D eigenvalue weighted by molar-refractivity contribution is 5.97. The third-order valence-electron chi connectivity index (χ3n) is 4.72. The molecule has 0 fully saturated rings.